The average molecular weight is 355 g/mol. The van der Waals surface area contributed by atoms with Gasteiger partial charge in [-0.05, 0) is 32.3 Å². The van der Waals surface area contributed by atoms with Gasteiger partial charge >= 0.3 is 7.60 Å². The summed E-state index contributed by atoms with van der Waals surface area (Å²) in [6, 6.07) is 9.64. The molecule has 1 aliphatic rings. The molecule has 1 atom stereocenters. The molecule has 0 saturated carbocycles. The van der Waals surface area contributed by atoms with E-state index in [1.807, 2.05) is 30.3 Å². The smallest absolute Gasteiger partial charge is 0.308 e. The number of benzene rings is 1. The van der Waals surface area contributed by atoms with Gasteiger partial charge in [0.1, 0.15) is 12.3 Å². The molecule has 1 heterocycles. The third kappa shape index (κ3) is 4.90. The SMILES string of the molecule is CCOP(=O)(OCC)C1CCCCN(OCc2ccccc2)C1=O. The molecule has 7 heteroatoms. The van der Waals surface area contributed by atoms with Crippen molar-refractivity contribution in [2.45, 2.75) is 45.4 Å². The number of amides is 1. The topological polar surface area (TPSA) is 65.1 Å². The molecule has 0 radical (unpaired) electrons. The van der Waals surface area contributed by atoms with Gasteiger partial charge in [0.2, 0.25) is 0 Å². The summed E-state index contributed by atoms with van der Waals surface area (Å²) in [5.41, 5.74) is 0.180. The third-order valence-electron chi connectivity index (χ3n) is 3.85. The summed E-state index contributed by atoms with van der Waals surface area (Å²) >= 11 is 0. The lowest BCUT2D eigenvalue weighted by Gasteiger charge is -2.28. The molecule has 0 aromatic heterocycles. The third-order valence-corrected chi connectivity index (χ3v) is 6.33. The molecule has 0 N–H and O–H groups in total. The number of rotatable bonds is 8. The number of hydrogen-bond acceptors (Lipinski definition) is 5. The first-order chi connectivity index (χ1) is 11.6. The monoisotopic (exact) mass is 355 g/mol. The predicted octanol–water partition coefficient (Wildman–Crippen LogP) is 3.77. The normalized spacial score (nSPS) is 19.3. The molecule has 6 nitrogen and oxygen atoms in total. The average Bonchev–Trinajstić information content (AvgIpc) is 2.76. The minimum absolute atomic E-state index is 0.242. The molecule has 1 aromatic carbocycles. The largest absolute Gasteiger partial charge is 0.343 e. The molecule has 0 spiro atoms. The molecular formula is C17H26NO5P. The van der Waals surface area contributed by atoms with Crippen LogP contribution in [-0.2, 0) is 29.9 Å². The fourth-order valence-corrected chi connectivity index (χ4v) is 4.77. The number of hydrogen-bond donors (Lipinski definition) is 0. The maximum Gasteiger partial charge on any atom is 0.343 e. The van der Waals surface area contributed by atoms with Gasteiger partial charge in [0.15, 0.2) is 0 Å². The Balaban J connectivity index is 2.09. The van der Waals surface area contributed by atoms with Gasteiger partial charge < -0.3 is 9.05 Å². The Bertz CT molecular complexity index is 555. The highest BCUT2D eigenvalue weighted by atomic mass is 31.2. The van der Waals surface area contributed by atoms with Crippen molar-refractivity contribution in [2.75, 3.05) is 19.8 Å². The van der Waals surface area contributed by atoms with E-state index in [4.69, 9.17) is 13.9 Å². The highest BCUT2D eigenvalue weighted by molar-refractivity contribution is 7.55. The molecule has 24 heavy (non-hydrogen) atoms. The van der Waals surface area contributed by atoms with Crippen LogP contribution in [0.2, 0.25) is 0 Å². The first-order valence-corrected chi connectivity index (χ1v) is 10.1. The van der Waals surface area contributed by atoms with Gasteiger partial charge in [0, 0.05) is 6.54 Å². The van der Waals surface area contributed by atoms with E-state index in [9.17, 15) is 9.36 Å². The van der Waals surface area contributed by atoms with Crippen molar-refractivity contribution in [1.29, 1.82) is 0 Å². The second-order valence-corrected chi connectivity index (χ2v) is 7.81. The molecule has 0 bridgehead atoms. The second-order valence-electron chi connectivity index (χ2n) is 5.59. The van der Waals surface area contributed by atoms with E-state index in [0.29, 0.717) is 19.6 Å². The fraction of sp³-hybridized carbons (Fsp3) is 0.588. The quantitative estimate of drug-likeness (QED) is 0.664. The molecule has 1 fully saturated rings. The van der Waals surface area contributed by atoms with Crippen LogP contribution >= 0.6 is 7.60 Å². The fourth-order valence-electron chi connectivity index (χ4n) is 2.72. The number of hydroxylamine groups is 2. The molecule has 1 amide bonds. The zero-order chi connectivity index (χ0) is 17.4. The van der Waals surface area contributed by atoms with Crippen molar-refractivity contribution in [2.24, 2.45) is 0 Å². The number of nitrogens with zero attached hydrogens (tertiary/aromatic N) is 1. The molecule has 1 aromatic rings. The molecule has 0 aliphatic carbocycles. The second kappa shape index (κ2) is 9.33. The van der Waals surface area contributed by atoms with Crippen LogP contribution in [-0.4, -0.2) is 36.4 Å². The van der Waals surface area contributed by atoms with Crippen molar-refractivity contribution >= 4 is 13.5 Å². The van der Waals surface area contributed by atoms with Gasteiger partial charge in [-0.15, -0.1) is 0 Å². The lowest BCUT2D eigenvalue weighted by atomic mass is 10.2. The lowest BCUT2D eigenvalue weighted by molar-refractivity contribution is -0.190. The van der Waals surface area contributed by atoms with E-state index >= 15 is 0 Å². The molecule has 1 aliphatic heterocycles. The number of carbonyl (C=O) groups is 1. The Kier molecular flexibility index (Phi) is 7.43. The Morgan fingerprint density at radius 2 is 1.79 bits per heavy atom. The molecule has 134 valence electrons. The van der Waals surface area contributed by atoms with Crippen LogP contribution in [0.1, 0.15) is 38.7 Å². The molecule has 2 rings (SSSR count). The minimum atomic E-state index is -3.48. The van der Waals surface area contributed by atoms with Crippen LogP contribution in [0.4, 0.5) is 0 Å². The summed E-state index contributed by atoms with van der Waals surface area (Å²) in [7, 11) is -3.48. The van der Waals surface area contributed by atoms with Crippen LogP contribution in [0, 0.1) is 0 Å². The van der Waals surface area contributed by atoms with Gasteiger partial charge in [-0.2, -0.15) is 0 Å². The van der Waals surface area contributed by atoms with Crippen LogP contribution in [0.25, 0.3) is 0 Å². The maximum atomic E-state index is 13.0. The van der Waals surface area contributed by atoms with Crippen molar-refractivity contribution in [1.82, 2.24) is 5.06 Å². The van der Waals surface area contributed by atoms with Gasteiger partial charge in [0.05, 0.1) is 13.2 Å². The van der Waals surface area contributed by atoms with Crippen LogP contribution in [0.3, 0.4) is 0 Å². The van der Waals surface area contributed by atoms with Gasteiger partial charge in [0.25, 0.3) is 5.91 Å². The van der Waals surface area contributed by atoms with Crippen molar-refractivity contribution < 1.29 is 23.2 Å². The highest BCUT2D eigenvalue weighted by Gasteiger charge is 2.44. The number of carbonyl (C=O) groups excluding carboxylic acids is 1. The zero-order valence-electron chi connectivity index (χ0n) is 14.3. The van der Waals surface area contributed by atoms with E-state index in [1.165, 1.54) is 5.06 Å². The van der Waals surface area contributed by atoms with E-state index in [-0.39, 0.29) is 19.1 Å². The van der Waals surface area contributed by atoms with Crippen LogP contribution in [0.15, 0.2) is 30.3 Å². The van der Waals surface area contributed by atoms with Crippen LogP contribution < -0.4 is 0 Å². The summed E-state index contributed by atoms with van der Waals surface area (Å²) < 4.78 is 23.8. The minimum Gasteiger partial charge on any atom is -0.308 e. The van der Waals surface area contributed by atoms with E-state index in [0.717, 1.165) is 18.4 Å². The summed E-state index contributed by atoms with van der Waals surface area (Å²) in [6.07, 6.45) is 2.07. The van der Waals surface area contributed by atoms with E-state index in [2.05, 4.69) is 0 Å². The summed E-state index contributed by atoms with van der Waals surface area (Å²) in [6.45, 7) is 4.76. The summed E-state index contributed by atoms with van der Waals surface area (Å²) in [5.74, 6) is -0.311. The van der Waals surface area contributed by atoms with Crippen molar-refractivity contribution in [3.63, 3.8) is 0 Å². The Morgan fingerprint density at radius 1 is 1.12 bits per heavy atom. The van der Waals surface area contributed by atoms with Gasteiger partial charge in [-0.3, -0.25) is 14.2 Å². The van der Waals surface area contributed by atoms with Crippen LogP contribution in [0.5, 0.6) is 0 Å². The molecular weight excluding hydrogens is 329 g/mol. The molecule has 1 unspecified atom stereocenters. The van der Waals surface area contributed by atoms with Crippen molar-refractivity contribution in [3.8, 4) is 0 Å². The van der Waals surface area contributed by atoms with Gasteiger partial charge in [-0.25, -0.2) is 5.06 Å². The maximum absolute atomic E-state index is 13.0. The molecule has 1 saturated heterocycles. The Hall–Kier alpha value is -1.20. The first-order valence-electron chi connectivity index (χ1n) is 8.47. The standard InChI is InChI=1S/C17H26NO5P/c1-3-22-24(20,23-4-2)16-12-8-9-13-18(17(16)19)21-14-15-10-6-5-7-11-15/h5-7,10-11,16H,3-4,8-9,12-14H2,1-2H3. The lowest BCUT2D eigenvalue weighted by Crippen LogP contribution is -2.38. The highest BCUT2D eigenvalue weighted by Crippen LogP contribution is 2.55. The van der Waals surface area contributed by atoms with Crippen molar-refractivity contribution in [3.05, 3.63) is 35.9 Å². The van der Waals surface area contributed by atoms with E-state index < -0.39 is 13.3 Å². The zero-order valence-corrected chi connectivity index (χ0v) is 15.2. The first kappa shape index (κ1) is 19.1. The predicted molar refractivity (Wildman–Crippen MR) is 91.4 cm³/mol. The van der Waals surface area contributed by atoms with Gasteiger partial charge in [-0.1, -0.05) is 36.8 Å². The Morgan fingerprint density at radius 3 is 2.42 bits per heavy atom. The summed E-state index contributed by atoms with van der Waals surface area (Å²) in [4.78, 5) is 18.5. The Labute approximate surface area is 143 Å². The summed E-state index contributed by atoms with van der Waals surface area (Å²) in [5, 5.41) is 1.33. The van der Waals surface area contributed by atoms with E-state index in [1.54, 1.807) is 13.8 Å².